The third-order valence-corrected chi connectivity index (χ3v) is 4.51. The summed E-state index contributed by atoms with van der Waals surface area (Å²) in [5, 5.41) is 6.67. The number of rotatable bonds is 4. The Morgan fingerprint density at radius 3 is 2.91 bits per heavy atom. The number of ether oxygens (including phenoxy) is 3. The first-order chi connectivity index (χ1) is 11.3. The Balaban J connectivity index is 1.55. The number of hydrogen-bond acceptors (Lipinski definition) is 4. The second-order valence-electron chi connectivity index (χ2n) is 5.64. The molecule has 1 aromatic rings. The number of nitrogens with one attached hydrogen (secondary N) is 2. The highest BCUT2D eigenvalue weighted by molar-refractivity contribution is 9.10. The zero-order valence-electron chi connectivity index (χ0n) is 13.2. The Morgan fingerprint density at radius 2 is 2.13 bits per heavy atom. The predicted octanol–water partition coefficient (Wildman–Crippen LogP) is 1.92. The maximum absolute atomic E-state index is 5.65. The van der Waals surface area contributed by atoms with Gasteiger partial charge in [-0.15, -0.1) is 0 Å². The number of hydrogen-bond donors (Lipinski definition) is 2. The monoisotopic (exact) mass is 383 g/mol. The topological polar surface area (TPSA) is 64.1 Å². The lowest BCUT2D eigenvalue weighted by Crippen LogP contribution is -2.39. The quantitative estimate of drug-likeness (QED) is 0.614. The summed E-state index contributed by atoms with van der Waals surface area (Å²) >= 11 is 3.54. The van der Waals surface area contributed by atoms with Crippen LogP contribution in [-0.4, -0.2) is 46.0 Å². The lowest BCUT2D eigenvalue weighted by molar-refractivity contribution is 0.170. The molecule has 1 aromatic carbocycles. The summed E-state index contributed by atoms with van der Waals surface area (Å²) in [4.78, 5) is 4.26. The maximum atomic E-state index is 5.65. The van der Waals surface area contributed by atoms with E-state index in [9.17, 15) is 0 Å². The van der Waals surface area contributed by atoms with Crippen LogP contribution >= 0.6 is 15.9 Å². The van der Waals surface area contributed by atoms with Gasteiger partial charge in [0, 0.05) is 32.7 Å². The van der Waals surface area contributed by atoms with E-state index in [0.717, 1.165) is 53.7 Å². The first-order valence-corrected chi connectivity index (χ1v) is 8.66. The molecule has 2 N–H and O–H groups in total. The number of benzene rings is 1. The molecule has 23 heavy (non-hydrogen) atoms. The number of guanidine groups is 1. The van der Waals surface area contributed by atoms with Crippen LogP contribution in [0.5, 0.6) is 11.5 Å². The zero-order valence-corrected chi connectivity index (χ0v) is 14.8. The normalized spacial score (nSPS) is 20.4. The van der Waals surface area contributed by atoms with Crippen molar-refractivity contribution in [3.8, 4) is 11.5 Å². The summed E-state index contributed by atoms with van der Waals surface area (Å²) in [5.74, 6) is 2.93. The van der Waals surface area contributed by atoms with E-state index in [0.29, 0.717) is 25.7 Å². The first kappa shape index (κ1) is 16.4. The van der Waals surface area contributed by atoms with Gasteiger partial charge in [-0.1, -0.05) is 0 Å². The standard InChI is InChI=1S/C16H22BrN3O3/c1-18-16(19-8-11-2-3-21-10-11)20-9-12-6-13(17)15-14(7-12)22-4-5-23-15/h6-7,11H,2-5,8-10H2,1H3,(H2,18,19,20). The van der Waals surface area contributed by atoms with Gasteiger partial charge in [-0.3, -0.25) is 4.99 Å². The fraction of sp³-hybridized carbons (Fsp3) is 0.562. The van der Waals surface area contributed by atoms with Crippen molar-refractivity contribution in [3.05, 3.63) is 22.2 Å². The van der Waals surface area contributed by atoms with Crippen LogP contribution in [0, 0.1) is 5.92 Å². The van der Waals surface area contributed by atoms with Crippen LogP contribution in [0.2, 0.25) is 0 Å². The summed E-state index contributed by atoms with van der Waals surface area (Å²) in [6.45, 7) is 4.41. The van der Waals surface area contributed by atoms with Crippen LogP contribution in [0.1, 0.15) is 12.0 Å². The number of aliphatic imine (C=N–C) groups is 1. The van der Waals surface area contributed by atoms with Crippen molar-refractivity contribution in [1.29, 1.82) is 0 Å². The second kappa shape index (κ2) is 7.88. The van der Waals surface area contributed by atoms with E-state index in [1.165, 1.54) is 0 Å². The van der Waals surface area contributed by atoms with Crippen LogP contribution in [0.25, 0.3) is 0 Å². The van der Waals surface area contributed by atoms with Gasteiger partial charge < -0.3 is 24.8 Å². The Morgan fingerprint density at radius 1 is 1.26 bits per heavy atom. The maximum Gasteiger partial charge on any atom is 0.191 e. The second-order valence-corrected chi connectivity index (χ2v) is 6.49. The smallest absolute Gasteiger partial charge is 0.191 e. The molecule has 0 spiro atoms. The third-order valence-electron chi connectivity index (χ3n) is 3.92. The number of nitrogens with zero attached hydrogens (tertiary/aromatic N) is 1. The van der Waals surface area contributed by atoms with Gasteiger partial charge in [0.2, 0.25) is 0 Å². The average molecular weight is 384 g/mol. The van der Waals surface area contributed by atoms with Crippen molar-refractivity contribution in [3.63, 3.8) is 0 Å². The van der Waals surface area contributed by atoms with E-state index < -0.39 is 0 Å². The molecule has 3 rings (SSSR count). The van der Waals surface area contributed by atoms with Gasteiger partial charge in [0.25, 0.3) is 0 Å². The van der Waals surface area contributed by atoms with Crippen LogP contribution in [0.15, 0.2) is 21.6 Å². The Labute approximate surface area is 144 Å². The zero-order chi connectivity index (χ0) is 16.1. The summed E-state index contributed by atoms with van der Waals surface area (Å²) < 4.78 is 17.6. The summed E-state index contributed by atoms with van der Waals surface area (Å²) in [6.07, 6.45) is 1.11. The van der Waals surface area contributed by atoms with Gasteiger partial charge in [-0.2, -0.15) is 0 Å². The Hall–Kier alpha value is -1.47. The number of fused-ring (bicyclic) bond motifs is 1. The molecule has 6 nitrogen and oxygen atoms in total. The molecule has 1 fully saturated rings. The molecule has 0 aromatic heterocycles. The van der Waals surface area contributed by atoms with Crippen LogP contribution in [-0.2, 0) is 11.3 Å². The van der Waals surface area contributed by atoms with Gasteiger partial charge >= 0.3 is 0 Å². The highest BCUT2D eigenvalue weighted by Gasteiger charge is 2.17. The minimum atomic E-state index is 0.567. The lowest BCUT2D eigenvalue weighted by atomic mass is 10.1. The average Bonchev–Trinajstić information content (AvgIpc) is 3.08. The molecule has 126 valence electrons. The minimum Gasteiger partial charge on any atom is -0.486 e. The molecule has 2 heterocycles. The van der Waals surface area contributed by atoms with Crippen LogP contribution < -0.4 is 20.1 Å². The van der Waals surface area contributed by atoms with Gasteiger partial charge in [-0.25, -0.2) is 0 Å². The highest BCUT2D eigenvalue weighted by atomic mass is 79.9. The van der Waals surface area contributed by atoms with E-state index in [1.54, 1.807) is 7.05 Å². The van der Waals surface area contributed by atoms with Crippen molar-refractivity contribution in [1.82, 2.24) is 10.6 Å². The van der Waals surface area contributed by atoms with Crippen molar-refractivity contribution in [2.75, 3.05) is 40.0 Å². The largest absolute Gasteiger partial charge is 0.486 e. The minimum absolute atomic E-state index is 0.567. The van der Waals surface area contributed by atoms with E-state index in [2.05, 4.69) is 31.6 Å². The molecule has 0 amide bonds. The molecular weight excluding hydrogens is 362 g/mol. The molecule has 0 bridgehead atoms. The molecule has 0 aliphatic carbocycles. The van der Waals surface area contributed by atoms with Crippen LogP contribution in [0.4, 0.5) is 0 Å². The molecule has 1 unspecified atom stereocenters. The van der Waals surface area contributed by atoms with Crippen molar-refractivity contribution >= 4 is 21.9 Å². The van der Waals surface area contributed by atoms with Gasteiger partial charge in [-0.05, 0) is 40.0 Å². The van der Waals surface area contributed by atoms with Crippen molar-refractivity contribution in [2.24, 2.45) is 10.9 Å². The summed E-state index contributed by atoms with van der Waals surface area (Å²) in [5.41, 5.74) is 1.10. The molecular formula is C16H22BrN3O3. The van der Waals surface area contributed by atoms with E-state index in [4.69, 9.17) is 14.2 Å². The van der Waals surface area contributed by atoms with Gasteiger partial charge in [0.1, 0.15) is 13.2 Å². The summed E-state index contributed by atoms with van der Waals surface area (Å²) in [6, 6.07) is 4.04. The number of halogens is 1. The molecule has 2 aliphatic rings. The molecule has 1 saturated heterocycles. The Bertz CT molecular complexity index is 574. The molecule has 1 atom stereocenters. The van der Waals surface area contributed by atoms with Gasteiger partial charge in [0.05, 0.1) is 11.1 Å². The van der Waals surface area contributed by atoms with Crippen molar-refractivity contribution in [2.45, 2.75) is 13.0 Å². The predicted molar refractivity (Wildman–Crippen MR) is 92.3 cm³/mol. The van der Waals surface area contributed by atoms with Crippen molar-refractivity contribution < 1.29 is 14.2 Å². The highest BCUT2D eigenvalue weighted by Crippen LogP contribution is 2.38. The SMILES string of the molecule is CN=C(NCc1cc(Br)c2c(c1)OCCO2)NCC1CCOC1. The lowest BCUT2D eigenvalue weighted by Gasteiger charge is -2.21. The molecule has 0 radical (unpaired) electrons. The molecule has 0 saturated carbocycles. The van der Waals surface area contributed by atoms with Crippen LogP contribution in [0.3, 0.4) is 0 Å². The van der Waals surface area contributed by atoms with E-state index in [1.807, 2.05) is 12.1 Å². The fourth-order valence-electron chi connectivity index (χ4n) is 2.66. The fourth-order valence-corrected chi connectivity index (χ4v) is 3.26. The third kappa shape index (κ3) is 4.29. The first-order valence-electron chi connectivity index (χ1n) is 7.86. The Kier molecular flexibility index (Phi) is 5.61. The molecule has 7 heteroatoms. The van der Waals surface area contributed by atoms with Gasteiger partial charge in [0.15, 0.2) is 17.5 Å². The summed E-state index contributed by atoms with van der Waals surface area (Å²) in [7, 11) is 1.78. The van der Waals surface area contributed by atoms with E-state index >= 15 is 0 Å². The molecule has 2 aliphatic heterocycles. The van der Waals surface area contributed by atoms with E-state index in [-0.39, 0.29) is 0 Å².